The van der Waals surface area contributed by atoms with Crippen molar-refractivity contribution in [2.24, 2.45) is 0 Å². The minimum absolute atomic E-state index is 0. The maximum atomic E-state index is 5.78. The van der Waals surface area contributed by atoms with E-state index in [0.717, 1.165) is 17.9 Å². The molecule has 0 aliphatic heterocycles. The number of allylic oxidation sites excluding steroid dienone is 2. The molecule has 1 aliphatic carbocycles. The number of ether oxygens (including phenoxy) is 1. The summed E-state index contributed by atoms with van der Waals surface area (Å²) >= 11 is 1.36. The van der Waals surface area contributed by atoms with Crippen molar-refractivity contribution in [1.29, 1.82) is 0 Å². The Balaban J connectivity index is -0.000000420. The SMILES string of the molecule is COC1=[C-]CC=C1O[Si](C)(C)C.Cl.Cl.[CH3-].[CH3-].[Si]=[Zr].c1ccc2c(c1)[cH-]c1ccccc12. The van der Waals surface area contributed by atoms with Gasteiger partial charge in [0.2, 0.25) is 8.32 Å². The Morgan fingerprint density at radius 1 is 0.903 bits per heavy atom. The zero-order valence-electron chi connectivity index (χ0n) is 19.1. The van der Waals surface area contributed by atoms with Crippen LogP contribution in [0.2, 0.25) is 19.6 Å². The maximum Gasteiger partial charge on any atom is -0.0771 e. The summed E-state index contributed by atoms with van der Waals surface area (Å²) in [4.78, 5) is 0. The van der Waals surface area contributed by atoms with Crippen LogP contribution in [-0.4, -0.2) is 22.3 Å². The number of hydrogen-bond donors (Lipinski definition) is 0. The molecule has 0 spiro atoms. The van der Waals surface area contributed by atoms with Gasteiger partial charge in [-0.2, -0.15) is 0 Å². The first-order valence-corrected chi connectivity index (χ1v) is 16.4. The number of fused-ring (bicyclic) bond motifs is 3. The summed E-state index contributed by atoms with van der Waals surface area (Å²) in [5.74, 6) is 1.63. The first kappa shape index (κ1) is 34.9. The van der Waals surface area contributed by atoms with Crippen LogP contribution in [0.15, 0.2) is 72.2 Å². The standard InChI is InChI=1S/C13H9.C9H15O2Si.2CH3.2ClH.Si.Zr/c1-3-7-12-10(5-1)9-11-6-2-4-8-13(11)12;1-10-8-6-5-7-9(8)11-12(2,3)4;;;;;;/h1-9H;7H,5H2,1-4H3;2*1H3;2*1H;;/q4*-1;;;;. The van der Waals surface area contributed by atoms with Gasteiger partial charge in [0.05, 0.1) is 7.11 Å². The van der Waals surface area contributed by atoms with Crippen molar-refractivity contribution < 1.29 is 32.5 Å². The maximum absolute atomic E-state index is 5.78. The van der Waals surface area contributed by atoms with E-state index >= 15 is 0 Å². The van der Waals surface area contributed by atoms with Crippen molar-refractivity contribution in [2.75, 3.05) is 7.11 Å². The van der Waals surface area contributed by atoms with Gasteiger partial charge in [0.1, 0.15) is 0 Å². The van der Waals surface area contributed by atoms with E-state index in [4.69, 9.17) is 9.16 Å². The van der Waals surface area contributed by atoms with Crippen molar-refractivity contribution in [3.8, 4) is 0 Å². The molecule has 0 saturated heterocycles. The molecule has 0 aromatic heterocycles. The topological polar surface area (TPSA) is 18.5 Å². The van der Waals surface area contributed by atoms with Gasteiger partial charge in [-0.25, -0.2) is 6.08 Å². The first-order valence-electron chi connectivity index (χ1n) is 8.80. The smallest absolute Gasteiger partial charge is 0.0771 e. The summed E-state index contributed by atoms with van der Waals surface area (Å²) < 4.78 is 10.9. The van der Waals surface area contributed by atoms with Gasteiger partial charge in [-0.1, -0.05) is 36.4 Å². The van der Waals surface area contributed by atoms with Gasteiger partial charge in [-0.3, -0.25) is 0 Å². The number of methoxy groups -OCH3 is 1. The second-order valence-electron chi connectivity index (χ2n) is 7.02. The molecule has 0 fully saturated rings. The quantitative estimate of drug-likeness (QED) is 0.239. The third-order valence-electron chi connectivity index (χ3n) is 3.92. The Hall–Kier alpha value is -0.713. The Morgan fingerprint density at radius 2 is 1.35 bits per heavy atom. The molecule has 7 heteroatoms. The Bertz CT molecular complexity index is 913. The Labute approximate surface area is 219 Å². The van der Waals surface area contributed by atoms with Crippen molar-refractivity contribution in [3.63, 3.8) is 0 Å². The van der Waals surface area contributed by atoms with E-state index in [2.05, 4.69) is 87.2 Å². The minimum Gasteiger partial charge on any atom is -0.126 e. The molecule has 0 amide bonds. The summed E-state index contributed by atoms with van der Waals surface area (Å²) in [6.07, 6.45) is 5.90. The summed E-state index contributed by atoms with van der Waals surface area (Å²) in [7, 11) is 0.158. The van der Waals surface area contributed by atoms with Crippen LogP contribution in [-0.2, 0) is 32.5 Å². The second-order valence-corrected chi connectivity index (χ2v) is 11.4. The van der Waals surface area contributed by atoms with Gasteiger partial charge in [0.15, 0.2) is 0 Å². The van der Waals surface area contributed by atoms with Crippen molar-refractivity contribution in [1.82, 2.24) is 0 Å². The molecule has 2 radical (unpaired) electrons. The fourth-order valence-corrected chi connectivity index (χ4v) is 3.75. The van der Waals surface area contributed by atoms with Gasteiger partial charge in [-0.05, 0) is 31.2 Å². The number of hydrogen-bond acceptors (Lipinski definition) is 2. The average Bonchev–Trinajstić information content (AvgIpc) is 3.26. The van der Waals surface area contributed by atoms with E-state index in [1.807, 2.05) is 6.08 Å². The van der Waals surface area contributed by atoms with Gasteiger partial charge < -0.3 is 24.0 Å². The molecule has 31 heavy (non-hydrogen) atoms. The van der Waals surface area contributed by atoms with Crippen LogP contribution in [0.25, 0.3) is 21.5 Å². The monoisotopic (exact) mass is 568 g/mol. The zero-order valence-corrected chi connectivity index (χ0v) is 25.2. The fourth-order valence-electron chi connectivity index (χ4n) is 2.91. The largest absolute Gasteiger partial charge is 0.126 e. The molecule has 3 aromatic carbocycles. The van der Waals surface area contributed by atoms with Crippen LogP contribution < -0.4 is 0 Å². The molecule has 0 bridgehead atoms. The first-order chi connectivity index (χ1) is 13.0. The van der Waals surface area contributed by atoms with Gasteiger partial charge in [0.25, 0.3) is 0 Å². The molecule has 0 atom stereocenters. The molecular weight excluding hydrogens is 539 g/mol. The number of benzene rings is 2. The van der Waals surface area contributed by atoms with Gasteiger partial charge >= 0.3 is 30.2 Å². The van der Waals surface area contributed by atoms with Crippen LogP contribution >= 0.6 is 24.8 Å². The van der Waals surface area contributed by atoms with E-state index in [1.54, 1.807) is 7.11 Å². The molecular formula is C24H32Cl2O2Si2Zr-4. The zero-order chi connectivity index (χ0) is 19.9. The number of halogens is 2. The average molecular weight is 571 g/mol. The predicted molar refractivity (Wildman–Crippen MR) is 141 cm³/mol. The van der Waals surface area contributed by atoms with E-state index in [-0.39, 0.29) is 39.7 Å². The Kier molecular flexibility index (Phi) is 19.0. The molecule has 3 aromatic rings. The van der Waals surface area contributed by atoms with Crippen LogP contribution in [0, 0.1) is 20.9 Å². The number of rotatable bonds is 3. The molecule has 2 nitrogen and oxygen atoms in total. The van der Waals surface area contributed by atoms with Crippen LogP contribution in [0.4, 0.5) is 0 Å². The van der Waals surface area contributed by atoms with E-state index in [0.29, 0.717) is 0 Å². The molecule has 1 aliphatic rings. The normalized spacial score (nSPS) is 11.3. The predicted octanol–water partition coefficient (Wildman–Crippen LogP) is 7.53. The third-order valence-corrected chi connectivity index (χ3v) is 4.75. The van der Waals surface area contributed by atoms with Gasteiger partial charge in [0, 0.05) is 0 Å². The fraction of sp³-hybridized carbons (Fsp3) is 0.208. The van der Waals surface area contributed by atoms with E-state index < -0.39 is 8.32 Å². The molecule has 0 heterocycles. The van der Waals surface area contributed by atoms with Crippen molar-refractivity contribution in [3.05, 3.63) is 93.1 Å². The molecule has 0 saturated carbocycles. The van der Waals surface area contributed by atoms with Crippen LogP contribution in [0.3, 0.4) is 0 Å². The molecule has 170 valence electrons. The minimum atomic E-state index is -1.49. The summed E-state index contributed by atoms with van der Waals surface area (Å²) in [6.45, 7) is 9.52. The molecule has 0 unspecified atom stereocenters. The van der Waals surface area contributed by atoms with Gasteiger partial charge in [-0.15, -0.1) is 77.1 Å². The summed E-state index contributed by atoms with van der Waals surface area (Å²) in [5, 5.41) is 5.39. The van der Waals surface area contributed by atoms with Crippen LogP contribution in [0.1, 0.15) is 6.42 Å². The van der Waals surface area contributed by atoms with E-state index in [1.165, 1.54) is 44.9 Å². The Morgan fingerprint density at radius 3 is 1.77 bits per heavy atom. The van der Waals surface area contributed by atoms with E-state index in [9.17, 15) is 0 Å². The van der Waals surface area contributed by atoms with Crippen molar-refractivity contribution in [2.45, 2.75) is 26.1 Å². The van der Waals surface area contributed by atoms with Crippen molar-refractivity contribution >= 4 is 61.6 Å². The molecule has 0 N–H and O–H groups in total. The summed E-state index contributed by atoms with van der Waals surface area (Å²) in [5.41, 5.74) is 0. The molecule has 4 rings (SSSR count). The third kappa shape index (κ3) is 10.2. The second kappa shape index (κ2) is 16.9. The summed E-state index contributed by atoms with van der Waals surface area (Å²) in [6, 6.07) is 19.3. The van der Waals surface area contributed by atoms with Crippen LogP contribution in [0.5, 0.6) is 0 Å².